The fourth-order valence-corrected chi connectivity index (χ4v) is 3.92. The third-order valence-corrected chi connectivity index (χ3v) is 5.34. The molecule has 0 aliphatic carbocycles. The summed E-state index contributed by atoms with van der Waals surface area (Å²) >= 11 is 0. The molecule has 24 heavy (non-hydrogen) atoms. The van der Waals surface area contributed by atoms with Crippen LogP contribution in [0.1, 0.15) is 43.7 Å². The third kappa shape index (κ3) is 4.37. The summed E-state index contributed by atoms with van der Waals surface area (Å²) in [5.41, 5.74) is 2.97. The third-order valence-electron chi connectivity index (χ3n) is 5.34. The van der Waals surface area contributed by atoms with Gasteiger partial charge in [0.25, 0.3) is 0 Å². The van der Waals surface area contributed by atoms with Crippen molar-refractivity contribution in [2.24, 2.45) is 0 Å². The Morgan fingerprint density at radius 2 is 2.00 bits per heavy atom. The van der Waals surface area contributed by atoms with Gasteiger partial charge in [0.2, 0.25) is 5.91 Å². The predicted molar refractivity (Wildman–Crippen MR) is 95.9 cm³/mol. The van der Waals surface area contributed by atoms with Crippen LogP contribution >= 0.6 is 0 Å². The van der Waals surface area contributed by atoms with E-state index in [0.29, 0.717) is 18.4 Å². The minimum absolute atomic E-state index is 0.297. The summed E-state index contributed by atoms with van der Waals surface area (Å²) in [5.74, 6) is 0.297. The highest BCUT2D eigenvalue weighted by Crippen LogP contribution is 2.19. The van der Waals surface area contributed by atoms with Gasteiger partial charge in [0.15, 0.2) is 0 Å². The van der Waals surface area contributed by atoms with Crippen molar-refractivity contribution in [3.8, 4) is 0 Å². The van der Waals surface area contributed by atoms with Crippen LogP contribution in [0.3, 0.4) is 0 Å². The molecule has 4 nitrogen and oxygen atoms in total. The number of hydrogen-bond acceptors (Lipinski definition) is 3. The number of amides is 1. The number of hydrogen-bond donors (Lipinski definition) is 0. The summed E-state index contributed by atoms with van der Waals surface area (Å²) in [5, 5.41) is 0. The van der Waals surface area contributed by atoms with Gasteiger partial charge in [-0.1, -0.05) is 31.2 Å². The average molecular weight is 330 g/mol. The van der Waals surface area contributed by atoms with Crippen LogP contribution in [0.15, 0.2) is 24.3 Å². The Labute approximate surface area is 145 Å². The van der Waals surface area contributed by atoms with Gasteiger partial charge in [-0.15, -0.1) is 0 Å². The largest absolute Gasteiger partial charge is 0.381 e. The molecule has 1 aromatic rings. The van der Waals surface area contributed by atoms with Gasteiger partial charge in [0, 0.05) is 51.9 Å². The van der Waals surface area contributed by atoms with Gasteiger partial charge in [-0.25, -0.2) is 0 Å². The second-order valence-electron chi connectivity index (χ2n) is 6.93. The van der Waals surface area contributed by atoms with Crippen LogP contribution < -0.4 is 0 Å². The highest BCUT2D eigenvalue weighted by Gasteiger charge is 2.24. The minimum atomic E-state index is 0.297. The molecule has 2 heterocycles. The van der Waals surface area contributed by atoms with E-state index < -0.39 is 0 Å². The molecule has 0 unspecified atom stereocenters. The lowest BCUT2D eigenvalue weighted by atomic mass is 10.00. The number of nitrogens with zero attached hydrogens (tertiary/aromatic N) is 2. The van der Waals surface area contributed by atoms with E-state index in [4.69, 9.17) is 4.74 Å². The molecule has 0 N–H and O–H groups in total. The van der Waals surface area contributed by atoms with Crippen LogP contribution in [0.2, 0.25) is 0 Å². The first-order valence-electron chi connectivity index (χ1n) is 9.44. The van der Waals surface area contributed by atoms with E-state index in [0.717, 1.165) is 65.1 Å². The number of ether oxygens (including phenoxy) is 1. The molecule has 0 spiro atoms. The van der Waals surface area contributed by atoms with Gasteiger partial charge < -0.3 is 9.64 Å². The first kappa shape index (κ1) is 17.4. The smallest absolute Gasteiger partial charge is 0.222 e. The normalized spacial score (nSPS) is 19.0. The second-order valence-corrected chi connectivity index (χ2v) is 6.93. The molecule has 2 aliphatic rings. The Kier molecular flexibility index (Phi) is 6.27. The van der Waals surface area contributed by atoms with Gasteiger partial charge in [0.05, 0.1) is 0 Å². The maximum atomic E-state index is 12.3. The van der Waals surface area contributed by atoms with Gasteiger partial charge in [-0.2, -0.15) is 0 Å². The lowest BCUT2D eigenvalue weighted by molar-refractivity contribution is -0.135. The van der Waals surface area contributed by atoms with Crippen LogP contribution in [0.4, 0.5) is 0 Å². The van der Waals surface area contributed by atoms with E-state index in [1.165, 1.54) is 11.1 Å². The zero-order valence-electron chi connectivity index (χ0n) is 14.9. The van der Waals surface area contributed by atoms with Gasteiger partial charge in [0.1, 0.15) is 0 Å². The molecule has 1 fully saturated rings. The molecule has 4 heteroatoms. The Morgan fingerprint density at radius 3 is 2.75 bits per heavy atom. The SMILES string of the molecule is CCC(=O)N(CCCN1CCc2ccccc2C1)C1CCOCC1. The summed E-state index contributed by atoms with van der Waals surface area (Å²) in [4.78, 5) is 17.0. The standard InChI is InChI=1S/C20H30N2O2/c1-2-20(23)22(19-9-14-24-15-10-19)12-5-11-21-13-8-17-6-3-4-7-18(17)16-21/h3-4,6-7,19H,2,5,8-16H2,1H3. The molecule has 1 amide bonds. The van der Waals surface area contributed by atoms with Crippen molar-refractivity contribution in [2.75, 3.05) is 32.8 Å². The molecule has 1 saturated heterocycles. The zero-order valence-corrected chi connectivity index (χ0v) is 14.9. The topological polar surface area (TPSA) is 32.8 Å². The fraction of sp³-hybridized carbons (Fsp3) is 0.650. The van der Waals surface area contributed by atoms with Crippen molar-refractivity contribution in [2.45, 2.75) is 51.6 Å². The Morgan fingerprint density at radius 1 is 1.25 bits per heavy atom. The predicted octanol–water partition coefficient (Wildman–Crippen LogP) is 2.85. The van der Waals surface area contributed by atoms with Crippen LogP contribution in [-0.2, 0) is 22.5 Å². The van der Waals surface area contributed by atoms with Crippen molar-refractivity contribution < 1.29 is 9.53 Å². The quantitative estimate of drug-likeness (QED) is 0.804. The van der Waals surface area contributed by atoms with E-state index in [9.17, 15) is 4.79 Å². The molecular weight excluding hydrogens is 300 g/mol. The van der Waals surface area contributed by atoms with Crippen molar-refractivity contribution in [1.29, 1.82) is 0 Å². The first-order chi connectivity index (χ1) is 11.8. The molecule has 1 aromatic carbocycles. The Bertz CT molecular complexity index is 540. The Hall–Kier alpha value is -1.39. The van der Waals surface area contributed by atoms with Crippen molar-refractivity contribution >= 4 is 5.91 Å². The highest BCUT2D eigenvalue weighted by atomic mass is 16.5. The van der Waals surface area contributed by atoms with Crippen LogP contribution in [0.25, 0.3) is 0 Å². The van der Waals surface area contributed by atoms with E-state index in [1.54, 1.807) is 0 Å². The first-order valence-corrected chi connectivity index (χ1v) is 9.44. The van der Waals surface area contributed by atoms with Crippen LogP contribution in [0, 0.1) is 0 Å². The average Bonchev–Trinajstić information content (AvgIpc) is 2.65. The van der Waals surface area contributed by atoms with E-state index in [-0.39, 0.29) is 0 Å². The zero-order chi connectivity index (χ0) is 16.8. The monoisotopic (exact) mass is 330 g/mol. The summed E-state index contributed by atoms with van der Waals surface area (Å²) in [7, 11) is 0. The molecule has 0 aromatic heterocycles. The van der Waals surface area contributed by atoms with Gasteiger partial charge in [-0.05, 0) is 36.8 Å². The molecule has 2 aliphatic heterocycles. The molecular formula is C20H30N2O2. The number of carbonyl (C=O) groups is 1. The number of rotatable bonds is 6. The van der Waals surface area contributed by atoms with Crippen molar-refractivity contribution in [1.82, 2.24) is 9.80 Å². The Balaban J connectivity index is 1.49. The fourth-order valence-electron chi connectivity index (χ4n) is 3.92. The molecule has 0 bridgehead atoms. The molecule has 132 valence electrons. The highest BCUT2D eigenvalue weighted by molar-refractivity contribution is 5.76. The van der Waals surface area contributed by atoms with E-state index in [2.05, 4.69) is 34.1 Å². The van der Waals surface area contributed by atoms with Crippen molar-refractivity contribution in [3.05, 3.63) is 35.4 Å². The minimum Gasteiger partial charge on any atom is -0.381 e. The summed E-state index contributed by atoms with van der Waals surface area (Å²) in [6.45, 7) is 7.70. The molecule has 3 rings (SSSR count). The van der Waals surface area contributed by atoms with Crippen LogP contribution in [-0.4, -0.2) is 54.6 Å². The molecule has 0 atom stereocenters. The van der Waals surface area contributed by atoms with E-state index >= 15 is 0 Å². The lowest BCUT2D eigenvalue weighted by Gasteiger charge is -2.35. The van der Waals surface area contributed by atoms with Gasteiger partial charge in [-0.3, -0.25) is 9.69 Å². The lowest BCUT2D eigenvalue weighted by Crippen LogP contribution is -2.44. The summed E-state index contributed by atoms with van der Waals surface area (Å²) < 4.78 is 5.45. The van der Waals surface area contributed by atoms with Crippen molar-refractivity contribution in [3.63, 3.8) is 0 Å². The molecule has 0 radical (unpaired) electrons. The number of benzene rings is 1. The summed E-state index contributed by atoms with van der Waals surface area (Å²) in [6.07, 6.45) is 4.79. The van der Waals surface area contributed by atoms with Gasteiger partial charge >= 0.3 is 0 Å². The number of fused-ring (bicyclic) bond motifs is 1. The maximum absolute atomic E-state index is 12.3. The summed E-state index contributed by atoms with van der Waals surface area (Å²) in [6, 6.07) is 9.15. The van der Waals surface area contributed by atoms with E-state index in [1.807, 2.05) is 6.92 Å². The number of carbonyl (C=O) groups excluding carboxylic acids is 1. The second kappa shape index (κ2) is 8.63. The van der Waals surface area contributed by atoms with Crippen LogP contribution in [0.5, 0.6) is 0 Å². The maximum Gasteiger partial charge on any atom is 0.222 e. The molecule has 0 saturated carbocycles.